The van der Waals surface area contributed by atoms with Gasteiger partial charge in [-0.15, -0.1) is 0 Å². The van der Waals surface area contributed by atoms with Crippen LogP contribution in [0.2, 0.25) is 0 Å². The van der Waals surface area contributed by atoms with Crippen LogP contribution in [0.4, 0.5) is 0 Å². The molecule has 0 aromatic heterocycles. The minimum Gasteiger partial charge on any atom is -0.481 e. The van der Waals surface area contributed by atoms with E-state index in [1.54, 1.807) is 0 Å². The molecule has 2 unspecified atom stereocenters. The van der Waals surface area contributed by atoms with Crippen molar-refractivity contribution in [3.63, 3.8) is 0 Å². The molecule has 2 saturated heterocycles. The van der Waals surface area contributed by atoms with Crippen LogP contribution < -0.4 is 5.32 Å². The van der Waals surface area contributed by atoms with Gasteiger partial charge in [0.05, 0.1) is 24.7 Å². The van der Waals surface area contributed by atoms with Crippen molar-refractivity contribution in [3.8, 4) is 0 Å². The zero-order valence-corrected chi connectivity index (χ0v) is 35.7. The number of hydrogen-bond acceptors (Lipinski definition) is 12. The predicted molar refractivity (Wildman–Crippen MR) is 210 cm³/mol. The quantitative estimate of drug-likeness (QED) is 0.130. The first-order chi connectivity index (χ1) is 27.0. The number of carbonyl (C=O) groups is 2. The summed E-state index contributed by atoms with van der Waals surface area (Å²) in [6.45, 7) is 16.5. The summed E-state index contributed by atoms with van der Waals surface area (Å²) in [5.41, 5.74) is 0.267. The van der Waals surface area contributed by atoms with Gasteiger partial charge in [-0.05, 0) is 109 Å². The first-order valence-electron chi connectivity index (χ1n) is 21.8. The number of nitrogens with one attached hydrogen (secondary N) is 1. The Labute approximate surface area is 343 Å². The van der Waals surface area contributed by atoms with Crippen LogP contribution in [-0.2, 0) is 28.5 Å². The van der Waals surface area contributed by atoms with Gasteiger partial charge in [0.15, 0.2) is 12.6 Å². The smallest absolute Gasteiger partial charge is 0.310 e. The van der Waals surface area contributed by atoms with Gasteiger partial charge in [-0.1, -0.05) is 60.1 Å². The minimum atomic E-state index is -1.75. The van der Waals surface area contributed by atoms with E-state index in [-0.39, 0.29) is 45.0 Å². The molecular formula is C44H71NO13. The fraction of sp³-hybridized carbons (Fsp3) is 0.909. The Morgan fingerprint density at radius 1 is 0.776 bits per heavy atom. The summed E-state index contributed by atoms with van der Waals surface area (Å²) in [5, 5.41) is 76.7. The van der Waals surface area contributed by atoms with E-state index in [9.17, 15) is 45.3 Å². The molecule has 18 atom stereocenters. The number of carboxylic acids is 1. The lowest BCUT2D eigenvalue weighted by atomic mass is 9.33. The number of fused-ring (bicyclic) bond motifs is 7. The van der Waals surface area contributed by atoms with E-state index in [1.807, 2.05) is 0 Å². The molecule has 6 fully saturated rings. The van der Waals surface area contributed by atoms with E-state index >= 15 is 0 Å². The molecule has 14 nitrogen and oxygen atoms in total. The van der Waals surface area contributed by atoms with Crippen LogP contribution in [0.1, 0.15) is 120 Å². The van der Waals surface area contributed by atoms with Gasteiger partial charge in [0.2, 0.25) is 5.91 Å². The number of aliphatic carboxylic acids is 1. The van der Waals surface area contributed by atoms with Crippen molar-refractivity contribution in [1.82, 2.24) is 5.32 Å². The predicted octanol–water partition coefficient (Wildman–Crippen LogP) is 3.03. The van der Waals surface area contributed by atoms with Crippen LogP contribution in [0.15, 0.2) is 11.6 Å². The normalized spacial score (nSPS) is 50.9. The number of aliphatic hydroxyl groups is 6. The van der Waals surface area contributed by atoms with Crippen LogP contribution >= 0.6 is 0 Å². The number of allylic oxidation sites excluding steroid dienone is 2. The molecule has 0 aromatic rings. The number of hydrogen-bond donors (Lipinski definition) is 8. The fourth-order valence-corrected chi connectivity index (χ4v) is 14.1. The van der Waals surface area contributed by atoms with E-state index in [1.165, 1.54) is 12.5 Å². The summed E-state index contributed by atoms with van der Waals surface area (Å²) in [7, 11) is 0. The maximum absolute atomic E-state index is 13.1. The zero-order chi connectivity index (χ0) is 42.5. The summed E-state index contributed by atoms with van der Waals surface area (Å²) >= 11 is 0. The fourth-order valence-electron chi connectivity index (χ4n) is 14.1. The topological polar surface area (TPSA) is 225 Å². The van der Waals surface area contributed by atoms with Crippen molar-refractivity contribution < 1.29 is 64.3 Å². The maximum atomic E-state index is 13.1. The highest BCUT2D eigenvalue weighted by atomic mass is 16.7. The Morgan fingerprint density at radius 3 is 2.07 bits per heavy atom. The summed E-state index contributed by atoms with van der Waals surface area (Å²) in [5.74, 6) is -0.411. The molecule has 8 N–H and O–H groups in total. The van der Waals surface area contributed by atoms with Gasteiger partial charge in [-0.3, -0.25) is 9.59 Å². The van der Waals surface area contributed by atoms with E-state index < -0.39 is 91.9 Å². The Hall–Kier alpha value is -1.72. The van der Waals surface area contributed by atoms with Gasteiger partial charge in [0, 0.05) is 6.92 Å². The van der Waals surface area contributed by atoms with Gasteiger partial charge in [-0.25, -0.2) is 0 Å². The first kappa shape index (κ1) is 44.3. The molecule has 7 aliphatic rings. The lowest BCUT2D eigenvalue weighted by Crippen LogP contribution is -2.69. The number of carbonyl (C=O) groups excluding carboxylic acids is 1. The van der Waals surface area contributed by atoms with Crippen molar-refractivity contribution in [2.24, 2.45) is 50.2 Å². The number of rotatable bonds is 8. The molecule has 58 heavy (non-hydrogen) atoms. The van der Waals surface area contributed by atoms with E-state index in [0.29, 0.717) is 18.8 Å². The van der Waals surface area contributed by atoms with Gasteiger partial charge in [-0.2, -0.15) is 0 Å². The van der Waals surface area contributed by atoms with Crippen LogP contribution in [-0.4, -0.2) is 128 Å². The third-order valence-corrected chi connectivity index (χ3v) is 17.7. The highest BCUT2D eigenvalue weighted by Crippen LogP contribution is 2.76. The second kappa shape index (κ2) is 15.3. The van der Waals surface area contributed by atoms with Crippen LogP contribution in [0.25, 0.3) is 0 Å². The van der Waals surface area contributed by atoms with E-state index in [0.717, 1.165) is 51.4 Å². The third kappa shape index (κ3) is 6.73. The Bertz CT molecular complexity index is 1600. The van der Waals surface area contributed by atoms with Gasteiger partial charge in [0.25, 0.3) is 0 Å². The van der Waals surface area contributed by atoms with E-state index in [4.69, 9.17) is 18.9 Å². The summed E-state index contributed by atoms with van der Waals surface area (Å²) in [6.07, 6.45) is -2.44. The molecule has 2 heterocycles. The molecule has 7 rings (SSSR count). The lowest BCUT2D eigenvalue weighted by molar-refractivity contribution is -0.355. The van der Waals surface area contributed by atoms with Crippen LogP contribution in [0.5, 0.6) is 0 Å². The largest absolute Gasteiger partial charge is 0.481 e. The summed E-state index contributed by atoms with van der Waals surface area (Å²) in [6, 6.07) is -1.15. The SMILES string of the molecule is CC(=O)N[C@H]1[C@H](O[C@H]2CC[C@@]3(C)C(CC[C@]4(C)C3CC=C3[C@@H]5CC(C)(C)CC[C@]5(C(=O)O)CC[C@]34C)C2(C)C)O[C@H](CO)[C@@H](O[C@@H]2O[C@H](CO)[C@H](O)[C@H](O)[C@H]2O)[C@@H]1O. The molecule has 1 amide bonds. The van der Waals surface area contributed by atoms with Gasteiger partial charge < -0.3 is 60.0 Å². The first-order valence-corrected chi connectivity index (χ1v) is 21.8. The number of aliphatic hydroxyl groups excluding tert-OH is 6. The van der Waals surface area contributed by atoms with Gasteiger partial charge >= 0.3 is 5.97 Å². The van der Waals surface area contributed by atoms with Crippen molar-refractivity contribution in [2.75, 3.05) is 13.2 Å². The molecular weight excluding hydrogens is 750 g/mol. The van der Waals surface area contributed by atoms with E-state index in [2.05, 4.69) is 59.9 Å². The van der Waals surface area contributed by atoms with Crippen LogP contribution in [0, 0.1) is 50.2 Å². The maximum Gasteiger partial charge on any atom is 0.310 e. The molecule has 2 aliphatic heterocycles. The highest BCUT2D eigenvalue weighted by molar-refractivity contribution is 5.76. The highest BCUT2D eigenvalue weighted by Gasteiger charge is 2.69. The van der Waals surface area contributed by atoms with Crippen molar-refractivity contribution in [2.45, 2.75) is 187 Å². The average molecular weight is 822 g/mol. The van der Waals surface area contributed by atoms with Crippen molar-refractivity contribution >= 4 is 11.9 Å². The number of carboxylic acid groups (broad SMARTS) is 1. The summed E-state index contributed by atoms with van der Waals surface area (Å²) < 4.78 is 24.6. The molecule has 330 valence electrons. The zero-order valence-electron chi connectivity index (χ0n) is 35.7. The Kier molecular flexibility index (Phi) is 11.7. The molecule has 0 aromatic carbocycles. The minimum absolute atomic E-state index is 0.0181. The monoisotopic (exact) mass is 821 g/mol. The molecule has 14 heteroatoms. The van der Waals surface area contributed by atoms with Crippen molar-refractivity contribution in [1.29, 1.82) is 0 Å². The molecule has 5 aliphatic carbocycles. The Morgan fingerprint density at radius 2 is 1.43 bits per heavy atom. The lowest BCUT2D eigenvalue weighted by Gasteiger charge is -2.71. The average Bonchev–Trinajstić information content (AvgIpc) is 3.14. The molecule has 0 radical (unpaired) electrons. The second-order valence-corrected chi connectivity index (χ2v) is 21.4. The Balaban J connectivity index is 1.12. The molecule has 0 bridgehead atoms. The number of ether oxygens (including phenoxy) is 4. The number of amides is 1. The third-order valence-electron chi connectivity index (χ3n) is 17.7. The van der Waals surface area contributed by atoms with Crippen molar-refractivity contribution in [3.05, 3.63) is 11.6 Å². The van der Waals surface area contributed by atoms with Crippen LogP contribution in [0.3, 0.4) is 0 Å². The van der Waals surface area contributed by atoms with Gasteiger partial charge in [0.1, 0.15) is 48.8 Å². The summed E-state index contributed by atoms with van der Waals surface area (Å²) in [4.78, 5) is 25.6. The molecule has 0 spiro atoms. The second-order valence-electron chi connectivity index (χ2n) is 21.4. The molecule has 4 saturated carbocycles. The standard InChI is InChI=1S/C44H71NO13/c1-22(48)45-30-32(50)35(58-37-34(52)33(51)31(49)25(20-46)55-37)26(21-47)56-36(30)57-29-12-13-41(6)27(40(29,4)5)11-14-43(8)28(41)10-9-23-24-19-39(2,3)15-17-44(24,38(53)54)18-16-42(23,43)7/h9,24-37,46-47,49-52H,10-21H2,1-8H3,(H,45,48)(H,53,54)/t24-,25+,26+,27?,28?,29-,30+,31-,32+,33-,34+,35+,36-,37-,41-,42+,43+,44-/m0/s1.